The standard InChI is InChI=1S/C13H15ClN6/c1-4-5-9(20(2)3)6-7-15-11-10-12(17-8-16-10)19-13(14)18-11/h4-8H,1-3H3,(H,16,17,18,19)/b5-4-,9-6+,15-7+. The number of nitrogens with zero attached hydrogens (tertiary/aromatic N) is 5. The minimum absolute atomic E-state index is 0.138. The summed E-state index contributed by atoms with van der Waals surface area (Å²) in [5.74, 6) is 0.441. The molecule has 1 N–H and O–H groups in total. The SMILES string of the molecule is C\C=C/C(=C\C=N\c1nc(Cl)nc2[nH]cnc12)N(C)C. The molecule has 0 fully saturated rings. The molecule has 0 unspecified atom stereocenters. The first kappa shape index (κ1) is 14.2. The van der Waals surface area contributed by atoms with E-state index in [1.54, 1.807) is 6.21 Å². The van der Waals surface area contributed by atoms with Crippen LogP contribution >= 0.6 is 11.6 Å². The molecule has 0 spiro atoms. The molecule has 0 aliphatic rings. The van der Waals surface area contributed by atoms with Crippen LogP contribution in [0, 0.1) is 0 Å². The zero-order chi connectivity index (χ0) is 14.5. The summed E-state index contributed by atoms with van der Waals surface area (Å²) in [6, 6.07) is 0. The third-order valence-electron chi connectivity index (χ3n) is 2.53. The van der Waals surface area contributed by atoms with Crippen LogP contribution in [0.2, 0.25) is 5.28 Å². The molecule has 6 nitrogen and oxygen atoms in total. The van der Waals surface area contributed by atoms with Crippen molar-refractivity contribution in [2.24, 2.45) is 4.99 Å². The van der Waals surface area contributed by atoms with Gasteiger partial charge in [-0.25, -0.2) is 9.98 Å². The van der Waals surface area contributed by atoms with Gasteiger partial charge in [0.15, 0.2) is 17.0 Å². The fraction of sp³-hybridized carbons (Fsp3) is 0.231. The molecule has 0 saturated heterocycles. The molecule has 2 heterocycles. The molecule has 0 radical (unpaired) electrons. The number of H-pyrrole nitrogens is 1. The van der Waals surface area contributed by atoms with E-state index in [0.717, 1.165) is 5.70 Å². The van der Waals surface area contributed by atoms with Gasteiger partial charge in [-0.2, -0.15) is 9.97 Å². The van der Waals surface area contributed by atoms with Gasteiger partial charge >= 0.3 is 0 Å². The van der Waals surface area contributed by atoms with Crippen molar-refractivity contribution in [2.75, 3.05) is 14.1 Å². The molecule has 7 heteroatoms. The van der Waals surface area contributed by atoms with Crippen LogP contribution in [0.15, 0.2) is 35.2 Å². The van der Waals surface area contributed by atoms with Crippen molar-refractivity contribution in [1.29, 1.82) is 0 Å². The predicted molar refractivity (Wildman–Crippen MR) is 81.4 cm³/mol. The second-order valence-electron chi connectivity index (χ2n) is 4.18. The molecule has 104 valence electrons. The molecular weight excluding hydrogens is 276 g/mol. The zero-order valence-electron chi connectivity index (χ0n) is 11.5. The van der Waals surface area contributed by atoms with Gasteiger partial charge in [0.1, 0.15) is 0 Å². The van der Waals surface area contributed by atoms with Gasteiger partial charge in [-0.1, -0.05) is 6.08 Å². The Morgan fingerprint density at radius 2 is 2.20 bits per heavy atom. The molecule has 0 amide bonds. The summed E-state index contributed by atoms with van der Waals surface area (Å²) >= 11 is 5.84. The van der Waals surface area contributed by atoms with Crippen LogP contribution < -0.4 is 0 Å². The maximum atomic E-state index is 5.84. The number of halogens is 1. The number of fused-ring (bicyclic) bond motifs is 1. The average molecular weight is 291 g/mol. The first-order chi connectivity index (χ1) is 9.61. The lowest BCUT2D eigenvalue weighted by Crippen LogP contribution is -2.09. The maximum Gasteiger partial charge on any atom is 0.226 e. The summed E-state index contributed by atoms with van der Waals surface area (Å²) in [5, 5.41) is 0.138. The van der Waals surface area contributed by atoms with E-state index in [1.165, 1.54) is 6.33 Å². The first-order valence-electron chi connectivity index (χ1n) is 6.03. The number of aliphatic imine (C=N–C) groups is 1. The van der Waals surface area contributed by atoms with Crippen molar-refractivity contribution in [2.45, 2.75) is 6.92 Å². The number of allylic oxidation sites excluding steroid dienone is 3. The smallest absolute Gasteiger partial charge is 0.226 e. The first-order valence-corrected chi connectivity index (χ1v) is 6.40. The van der Waals surface area contributed by atoms with E-state index in [-0.39, 0.29) is 5.28 Å². The Bertz CT molecular complexity index is 683. The Labute approximate surface area is 121 Å². The third kappa shape index (κ3) is 3.21. The zero-order valence-corrected chi connectivity index (χ0v) is 12.3. The second-order valence-corrected chi connectivity index (χ2v) is 4.52. The van der Waals surface area contributed by atoms with Crippen molar-refractivity contribution in [1.82, 2.24) is 24.8 Å². The summed E-state index contributed by atoms with van der Waals surface area (Å²) in [7, 11) is 3.93. The lowest BCUT2D eigenvalue weighted by molar-refractivity contribution is 0.531. The highest BCUT2D eigenvalue weighted by atomic mass is 35.5. The molecule has 0 bridgehead atoms. The van der Waals surface area contributed by atoms with Crippen molar-refractivity contribution < 1.29 is 0 Å². The van der Waals surface area contributed by atoms with Gasteiger partial charge < -0.3 is 9.88 Å². The van der Waals surface area contributed by atoms with Crippen LogP contribution in [0.1, 0.15) is 6.92 Å². The van der Waals surface area contributed by atoms with E-state index in [9.17, 15) is 0 Å². The number of aromatic amines is 1. The highest BCUT2D eigenvalue weighted by Crippen LogP contribution is 2.20. The molecule has 2 aromatic heterocycles. The average Bonchev–Trinajstić information content (AvgIpc) is 2.85. The summed E-state index contributed by atoms with van der Waals surface area (Å²) in [5.41, 5.74) is 2.19. The number of hydrogen-bond donors (Lipinski definition) is 1. The molecule has 20 heavy (non-hydrogen) atoms. The Morgan fingerprint density at radius 3 is 2.90 bits per heavy atom. The molecule has 0 aliphatic carbocycles. The fourth-order valence-electron chi connectivity index (χ4n) is 1.59. The molecule has 2 rings (SSSR count). The summed E-state index contributed by atoms with van der Waals surface area (Å²) in [6.07, 6.45) is 9.04. The van der Waals surface area contributed by atoms with E-state index in [1.807, 2.05) is 44.1 Å². The fourth-order valence-corrected chi connectivity index (χ4v) is 1.76. The number of imidazole rings is 1. The quantitative estimate of drug-likeness (QED) is 0.534. The molecule has 0 aromatic carbocycles. The van der Waals surface area contributed by atoms with Gasteiger partial charge in [0.25, 0.3) is 0 Å². The lowest BCUT2D eigenvalue weighted by Gasteiger charge is -2.12. The Hall–Kier alpha value is -2.21. The van der Waals surface area contributed by atoms with Gasteiger partial charge in [0, 0.05) is 26.0 Å². The number of aromatic nitrogens is 4. The van der Waals surface area contributed by atoms with Gasteiger partial charge in [-0.15, -0.1) is 0 Å². The van der Waals surface area contributed by atoms with Crippen molar-refractivity contribution >= 4 is 34.8 Å². The van der Waals surface area contributed by atoms with E-state index in [0.29, 0.717) is 17.0 Å². The van der Waals surface area contributed by atoms with Crippen LogP contribution in [-0.4, -0.2) is 45.1 Å². The topological polar surface area (TPSA) is 70.1 Å². The molecule has 0 atom stereocenters. The van der Waals surface area contributed by atoms with Gasteiger partial charge in [0.05, 0.1) is 6.33 Å². The largest absolute Gasteiger partial charge is 0.378 e. The maximum absolute atomic E-state index is 5.84. The number of hydrogen-bond acceptors (Lipinski definition) is 5. The minimum Gasteiger partial charge on any atom is -0.378 e. The second kappa shape index (κ2) is 6.29. The highest BCUT2D eigenvalue weighted by molar-refractivity contribution is 6.28. The van der Waals surface area contributed by atoms with Crippen LogP contribution in [0.4, 0.5) is 5.82 Å². The lowest BCUT2D eigenvalue weighted by atomic mass is 10.3. The molecule has 2 aromatic rings. The van der Waals surface area contributed by atoms with E-state index in [4.69, 9.17) is 11.6 Å². The Balaban J connectivity index is 2.34. The van der Waals surface area contributed by atoms with Crippen molar-refractivity contribution in [3.05, 3.63) is 35.5 Å². The number of nitrogens with one attached hydrogen (secondary N) is 1. The summed E-state index contributed by atoms with van der Waals surface area (Å²) in [4.78, 5) is 21.4. The predicted octanol–water partition coefficient (Wildman–Crippen LogP) is 2.73. The summed E-state index contributed by atoms with van der Waals surface area (Å²) < 4.78 is 0. The van der Waals surface area contributed by atoms with E-state index < -0.39 is 0 Å². The van der Waals surface area contributed by atoms with Gasteiger partial charge in [-0.3, -0.25) is 0 Å². The monoisotopic (exact) mass is 290 g/mol. The van der Waals surface area contributed by atoms with E-state index in [2.05, 4.69) is 24.9 Å². The molecule has 0 saturated carbocycles. The number of rotatable bonds is 4. The van der Waals surface area contributed by atoms with Crippen molar-refractivity contribution in [3.8, 4) is 0 Å². The summed E-state index contributed by atoms with van der Waals surface area (Å²) in [6.45, 7) is 1.96. The van der Waals surface area contributed by atoms with Gasteiger partial charge in [0.2, 0.25) is 5.28 Å². The van der Waals surface area contributed by atoms with Crippen LogP contribution in [0.3, 0.4) is 0 Å². The van der Waals surface area contributed by atoms with Crippen LogP contribution in [0.5, 0.6) is 0 Å². The Kier molecular flexibility index (Phi) is 4.47. The molecular formula is C13H15ClN6. The van der Waals surface area contributed by atoms with Crippen LogP contribution in [-0.2, 0) is 0 Å². The molecule has 0 aliphatic heterocycles. The third-order valence-corrected chi connectivity index (χ3v) is 2.70. The normalized spacial score (nSPS) is 12.9. The van der Waals surface area contributed by atoms with Crippen LogP contribution in [0.25, 0.3) is 11.2 Å². The van der Waals surface area contributed by atoms with Crippen molar-refractivity contribution in [3.63, 3.8) is 0 Å². The van der Waals surface area contributed by atoms with E-state index >= 15 is 0 Å². The van der Waals surface area contributed by atoms with Gasteiger partial charge in [-0.05, 0) is 30.7 Å². The number of likely N-dealkylation sites (N-methyl/N-ethyl adjacent to an activating group) is 1. The minimum atomic E-state index is 0.138. The highest BCUT2D eigenvalue weighted by Gasteiger charge is 2.07. The Morgan fingerprint density at radius 1 is 1.40 bits per heavy atom.